The largest absolute Gasteiger partial charge is 0.329 e. The van der Waals surface area contributed by atoms with Gasteiger partial charge in [-0.2, -0.15) is 0 Å². The maximum Gasteiger partial charge on any atom is 0.0642 e. The summed E-state index contributed by atoms with van der Waals surface area (Å²) in [6.07, 6.45) is 11.0. The summed E-state index contributed by atoms with van der Waals surface area (Å²) >= 11 is 0. The fourth-order valence-corrected chi connectivity index (χ4v) is 4.16. The Kier molecular flexibility index (Phi) is 4.02. The van der Waals surface area contributed by atoms with E-state index in [4.69, 9.17) is 22.9 Å². The SMILES string of the molecule is NCC(N)(C1(N)CCCCC1)C1(N)CCCCC1. The van der Waals surface area contributed by atoms with Gasteiger partial charge in [0.15, 0.2) is 0 Å². The Labute approximate surface area is 111 Å². The zero-order valence-electron chi connectivity index (χ0n) is 11.6. The number of rotatable bonds is 3. The summed E-state index contributed by atoms with van der Waals surface area (Å²) in [5.41, 5.74) is 24.8. The van der Waals surface area contributed by atoms with Crippen molar-refractivity contribution < 1.29 is 0 Å². The molecule has 0 aromatic carbocycles. The molecule has 0 aliphatic heterocycles. The van der Waals surface area contributed by atoms with Gasteiger partial charge in [-0.3, -0.25) is 0 Å². The lowest BCUT2D eigenvalue weighted by Crippen LogP contribution is -2.82. The lowest BCUT2D eigenvalue weighted by molar-refractivity contribution is 0.0592. The van der Waals surface area contributed by atoms with E-state index >= 15 is 0 Å². The second-order valence-corrected chi connectivity index (χ2v) is 6.61. The molecule has 2 fully saturated rings. The Hall–Kier alpha value is -0.160. The molecule has 0 aromatic heterocycles. The summed E-state index contributed by atoms with van der Waals surface area (Å²) in [6, 6.07) is 0. The molecule has 0 aromatic rings. The van der Waals surface area contributed by atoms with Gasteiger partial charge in [0.1, 0.15) is 0 Å². The smallest absolute Gasteiger partial charge is 0.0642 e. The Balaban J connectivity index is 2.27. The lowest BCUT2D eigenvalue weighted by atomic mass is 9.57. The molecule has 2 aliphatic carbocycles. The maximum absolute atomic E-state index is 6.74. The Bertz CT molecular complexity index is 254. The van der Waals surface area contributed by atoms with Gasteiger partial charge in [-0.1, -0.05) is 38.5 Å². The number of nitrogens with two attached hydrogens (primary N) is 4. The molecule has 4 nitrogen and oxygen atoms in total. The quantitative estimate of drug-likeness (QED) is 0.602. The van der Waals surface area contributed by atoms with Crippen molar-refractivity contribution in [1.82, 2.24) is 0 Å². The molecule has 0 saturated heterocycles. The summed E-state index contributed by atoms with van der Waals surface area (Å²) in [4.78, 5) is 0. The Morgan fingerprint density at radius 1 is 0.722 bits per heavy atom. The molecule has 0 radical (unpaired) electrons. The highest BCUT2D eigenvalue weighted by molar-refractivity contribution is 5.21. The topological polar surface area (TPSA) is 104 Å². The molecule has 0 unspecified atom stereocenters. The molecular weight excluding hydrogens is 224 g/mol. The highest BCUT2D eigenvalue weighted by atomic mass is 15.0. The van der Waals surface area contributed by atoms with Crippen molar-refractivity contribution in [2.45, 2.75) is 80.8 Å². The molecular formula is C14H30N4. The van der Waals surface area contributed by atoms with Crippen LogP contribution in [0.5, 0.6) is 0 Å². The number of hydrogen-bond donors (Lipinski definition) is 4. The third-order valence-corrected chi connectivity index (χ3v) is 5.59. The van der Waals surface area contributed by atoms with E-state index in [1.807, 2.05) is 0 Å². The van der Waals surface area contributed by atoms with Gasteiger partial charge in [-0.15, -0.1) is 0 Å². The van der Waals surface area contributed by atoms with Crippen molar-refractivity contribution in [2.75, 3.05) is 6.54 Å². The van der Waals surface area contributed by atoms with Gasteiger partial charge in [0.05, 0.1) is 5.54 Å². The molecule has 2 aliphatic rings. The zero-order valence-corrected chi connectivity index (χ0v) is 11.6. The monoisotopic (exact) mass is 254 g/mol. The molecule has 8 N–H and O–H groups in total. The zero-order chi connectivity index (χ0) is 13.3. The molecule has 0 spiro atoms. The average Bonchev–Trinajstić information content (AvgIpc) is 2.39. The second-order valence-electron chi connectivity index (χ2n) is 6.61. The van der Waals surface area contributed by atoms with Crippen LogP contribution in [-0.4, -0.2) is 23.2 Å². The fourth-order valence-electron chi connectivity index (χ4n) is 4.16. The molecule has 2 rings (SSSR count). The molecule has 106 valence electrons. The maximum atomic E-state index is 6.74. The van der Waals surface area contributed by atoms with Crippen molar-refractivity contribution in [1.29, 1.82) is 0 Å². The minimum Gasteiger partial charge on any atom is -0.329 e. The van der Waals surface area contributed by atoms with Gasteiger partial charge in [-0.25, -0.2) is 0 Å². The van der Waals surface area contributed by atoms with E-state index in [-0.39, 0.29) is 11.1 Å². The normalized spacial score (nSPS) is 28.0. The van der Waals surface area contributed by atoms with E-state index < -0.39 is 5.54 Å². The van der Waals surface area contributed by atoms with E-state index in [0.29, 0.717) is 6.54 Å². The van der Waals surface area contributed by atoms with Crippen LogP contribution in [0.4, 0.5) is 0 Å². The molecule has 0 amide bonds. The molecule has 2 saturated carbocycles. The van der Waals surface area contributed by atoms with Crippen LogP contribution in [0.1, 0.15) is 64.2 Å². The van der Waals surface area contributed by atoms with Crippen LogP contribution in [0.25, 0.3) is 0 Å². The first-order valence-corrected chi connectivity index (χ1v) is 7.54. The second kappa shape index (κ2) is 5.08. The van der Waals surface area contributed by atoms with E-state index in [1.54, 1.807) is 0 Å². The highest BCUT2D eigenvalue weighted by Crippen LogP contribution is 2.43. The molecule has 18 heavy (non-hydrogen) atoms. The molecule has 4 heteroatoms. The third kappa shape index (κ3) is 2.09. The lowest BCUT2D eigenvalue weighted by Gasteiger charge is -2.58. The van der Waals surface area contributed by atoms with Crippen molar-refractivity contribution in [3.8, 4) is 0 Å². The predicted molar refractivity (Wildman–Crippen MR) is 76.0 cm³/mol. The van der Waals surface area contributed by atoms with Crippen molar-refractivity contribution in [3.63, 3.8) is 0 Å². The van der Waals surface area contributed by atoms with Gasteiger partial charge < -0.3 is 22.9 Å². The van der Waals surface area contributed by atoms with Crippen LogP contribution in [0.2, 0.25) is 0 Å². The summed E-state index contributed by atoms with van der Waals surface area (Å²) in [5.74, 6) is 0. The van der Waals surface area contributed by atoms with Gasteiger partial charge >= 0.3 is 0 Å². The first kappa shape index (κ1) is 14.3. The van der Waals surface area contributed by atoms with Crippen LogP contribution >= 0.6 is 0 Å². The fraction of sp³-hybridized carbons (Fsp3) is 1.00. The van der Waals surface area contributed by atoms with Gasteiger partial charge in [0.2, 0.25) is 0 Å². The van der Waals surface area contributed by atoms with Crippen LogP contribution in [0.15, 0.2) is 0 Å². The Morgan fingerprint density at radius 2 is 1.06 bits per heavy atom. The van der Waals surface area contributed by atoms with E-state index in [0.717, 1.165) is 51.4 Å². The van der Waals surface area contributed by atoms with Crippen molar-refractivity contribution >= 4 is 0 Å². The first-order valence-electron chi connectivity index (χ1n) is 7.54. The van der Waals surface area contributed by atoms with Crippen LogP contribution < -0.4 is 22.9 Å². The van der Waals surface area contributed by atoms with Crippen LogP contribution in [-0.2, 0) is 0 Å². The Morgan fingerprint density at radius 3 is 1.33 bits per heavy atom. The standard InChI is InChI=1S/C14H30N4/c15-11-14(18,12(16)7-3-1-4-8-12)13(17)9-5-2-6-10-13/h1-11,15-18H2. The minimum absolute atomic E-state index is 0.369. The van der Waals surface area contributed by atoms with Gasteiger partial charge in [-0.05, 0) is 25.7 Å². The number of hydrogen-bond acceptors (Lipinski definition) is 4. The van der Waals surface area contributed by atoms with Crippen LogP contribution in [0, 0.1) is 0 Å². The summed E-state index contributed by atoms with van der Waals surface area (Å²) in [7, 11) is 0. The van der Waals surface area contributed by atoms with Crippen LogP contribution in [0.3, 0.4) is 0 Å². The molecule has 0 heterocycles. The van der Waals surface area contributed by atoms with E-state index in [1.165, 1.54) is 12.8 Å². The average molecular weight is 254 g/mol. The van der Waals surface area contributed by atoms with Crippen molar-refractivity contribution in [3.05, 3.63) is 0 Å². The summed E-state index contributed by atoms with van der Waals surface area (Å²) in [6.45, 7) is 0.403. The summed E-state index contributed by atoms with van der Waals surface area (Å²) in [5, 5.41) is 0. The molecule has 0 bridgehead atoms. The highest BCUT2D eigenvalue weighted by Gasteiger charge is 2.56. The first-order chi connectivity index (χ1) is 8.47. The van der Waals surface area contributed by atoms with E-state index in [9.17, 15) is 0 Å². The van der Waals surface area contributed by atoms with Crippen molar-refractivity contribution in [2.24, 2.45) is 22.9 Å². The predicted octanol–water partition coefficient (Wildman–Crippen LogP) is 0.966. The summed E-state index contributed by atoms with van der Waals surface area (Å²) < 4.78 is 0. The third-order valence-electron chi connectivity index (χ3n) is 5.59. The van der Waals surface area contributed by atoms with Gasteiger partial charge in [0, 0.05) is 17.6 Å². The molecule has 0 atom stereocenters. The van der Waals surface area contributed by atoms with E-state index in [2.05, 4.69) is 0 Å². The van der Waals surface area contributed by atoms with Gasteiger partial charge in [0.25, 0.3) is 0 Å². The minimum atomic E-state index is -0.610.